The first-order valence-electron chi connectivity index (χ1n) is 19.4. The van der Waals surface area contributed by atoms with Gasteiger partial charge in [-0.05, 0) is 61.3 Å². The standard InChI is InChI=1S/C39H73NO12Si3/c1-21-22-44-35-29(40-25(3)41)32(48-27(5)43)31(47-26(4)42)28(49-35)23-45-36-34(52-55(19,20)39(12,13)14)33(51-54(17,18)38(9,10)11)30(24(2)46-36)50-53(15,16)37(6,7)8/h1,24,28-36H,22-23H2,2-20H3,(H,40,41)/t24-,28-,29-,30-,31-,32-,33+,34+,35-,36+/m1/s1. The molecule has 0 aromatic rings. The van der Waals surface area contributed by atoms with Crippen LogP contribution in [0.25, 0.3) is 0 Å². The van der Waals surface area contributed by atoms with Crippen LogP contribution in [0, 0.1) is 12.3 Å². The molecule has 0 radical (unpaired) electrons. The number of carbonyl (C=O) groups is 3. The average molecular weight is 832 g/mol. The van der Waals surface area contributed by atoms with Gasteiger partial charge < -0.3 is 47.0 Å². The van der Waals surface area contributed by atoms with E-state index in [0.717, 1.165) is 0 Å². The summed E-state index contributed by atoms with van der Waals surface area (Å²) in [7, 11) is -7.37. The Bertz CT molecular complexity index is 1360. The lowest BCUT2D eigenvalue weighted by molar-refractivity contribution is -0.312. The normalized spacial score (nSPS) is 29.9. The lowest BCUT2D eigenvalue weighted by Gasteiger charge is -2.54. The molecule has 0 aromatic heterocycles. The molecule has 0 aliphatic carbocycles. The van der Waals surface area contributed by atoms with Crippen LogP contribution in [0.4, 0.5) is 0 Å². The molecule has 2 heterocycles. The first kappa shape index (κ1) is 49.5. The van der Waals surface area contributed by atoms with Gasteiger partial charge in [-0.2, -0.15) is 0 Å². The zero-order valence-electron chi connectivity index (χ0n) is 37.2. The van der Waals surface area contributed by atoms with Crippen LogP contribution in [-0.4, -0.2) is 117 Å². The third-order valence-electron chi connectivity index (χ3n) is 11.8. The maximum atomic E-state index is 12.5. The van der Waals surface area contributed by atoms with Crippen molar-refractivity contribution in [1.29, 1.82) is 0 Å². The summed E-state index contributed by atoms with van der Waals surface area (Å²) < 4.78 is 59.0. The third kappa shape index (κ3) is 12.9. The number of ether oxygens (including phenoxy) is 6. The summed E-state index contributed by atoms with van der Waals surface area (Å²) in [6, 6.07) is -1.06. The Balaban J connectivity index is 2.76. The molecule has 2 rings (SSSR count). The summed E-state index contributed by atoms with van der Waals surface area (Å²) in [6.45, 7) is 38.3. The number of hydrogen-bond donors (Lipinski definition) is 1. The maximum Gasteiger partial charge on any atom is 0.303 e. The van der Waals surface area contributed by atoms with E-state index < -0.39 is 104 Å². The second kappa shape index (κ2) is 18.5. The number of carbonyl (C=O) groups excluding carboxylic acids is 3. The van der Waals surface area contributed by atoms with Crippen molar-refractivity contribution >= 4 is 42.8 Å². The highest BCUT2D eigenvalue weighted by Crippen LogP contribution is 2.46. The zero-order chi connectivity index (χ0) is 42.7. The minimum Gasteiger partial charge on any atom is -0.456 e. The third-order valence-corrected chi connectivity index (χ3v) is 25.2. The number of amides is 1. The van der Waals surface area contributed by atoms with E-state index in [4.69, 9.17) is 48.1 Å². The van der Waals surface area contributed by atoms with Gasteiger partial charge in [-0.1, -0.05) is 68.2 Å². The van der Waals surface area contributed by atoms with Crippen LogP contribution in [0.3, 0.4) is 0 Å². The quantitative estimate of drug-likeness (QED) is 0.114. The van der Waals surface area contributed by atoms with Crippen molar-refractivity contribution in [2.24, 2.45) is 0 Å². The lowest BCUT2D eigenvalue weighted by Crippen LogP contribution is -2.68. The van der Waals surface area contributed by atoms with Crippen LogP contribution in [-0.2, 0) is 56.1 Å². The van der Waals surface area contributed by atoms with E-state index >= 15 is 0 Å². The van der Waals surface area contributed by atoms with Crippen LogP contribution < -0.4 is 5.32 Å². The monoisotopic (exact) mass is 831 g/mol. The Labute approximate surface area is 334 Å². The summed E-state index contributed by atoms with van der Waals surface area (Å²) in [5.74, 6) is 0.629. The van der Waals surface area contributed by atoms with Crippen molar-refractivity contribution in [2.75, 3.05) is 13.2 Å². The van der Waals surface area contributed by atoms with Gasteiger partial charge in [-0.15, -0.1) is 6.42 Å². The molecule has 0 unspecified atom stereocenters. The smallest absolute Gasteiger partial charge is 0.303 e. The van der Waals surface area contributed by atoms with E-state index in [1.807, 2.05) is 6.92 Å². The fourth-order valence-electron chi connectivity index (χ4n) is 5.63. The Morgan fingerprint density at radius 1 is 0.636 bits per heavy atom. The van der Waals surface area contributed by atoms with Crippen LogP contribution in [0.15, 0.2) is 0 Å². The summed E-state index contributed by atoms with van der Waals surface area (Å²) in [4.78, 5) is 37.3. The molecular weight excluding hydrogens is 759 g/mol. The number of esters is 2. The van der Waals surface area contributed by atoms with Gasteiger partial charge in [-0.25, -0.2) is 0 Å². The van der Waals surface area contributed by atoms with Crippen molar-refractivity contribution in [3.63, 3.8) is 0 Å². The largest absolute Gasteiger partial charge is 0.456 e. The number of nitrogens with one attached hydrogen (secondary N) is 1. The Hall–Kier alpha value is -1.66. The zero-order valence-corrected chi connectivity index (χ0v) is 40.2. The van der Waals surface area contributed by atoms with E-state index in [1.165, 1.54) is 20.8 Å². The van der Waals surface area contributed by atoms with Crippen LogP contribution >= 0.6 is 0 Å². The molecule has 2 saturated heterocycles. The van der Waals surface area contributed by atoms with E-state index in [9.17, 15) is 14.4 Å². The van der Waals surface area contributed by atoms with Gasteiger partial charge in [0.2, 0.25) is 5.91 Å². The van der Waals surface area contributed by atoms with Crippen LogP contribution in [0.2, 0.25) is 54.4 Å². The molecule has 2 aliphatic heterocycles. The molecule has 2 aliphatic rings. The van der Waals surface area contributed by atoms with Gasteiger partial charge in [0.05, 0.1) is 18.8 Å². The second-order valence-corrected chi connectivity index (χ2v) is 33.8. The predicted octanol–water partition coefficient (Wildman–Crippen LogP) is 6.66. The van der Waals surface area contributed by atoms with Gasteiger partial charge in [0.1, 0.15) is 31.0 Å². The van der Waals surface area contributed by atoms with Crippen molar-refractivity contribution < 1.29 is 56.1 Å². The number of rotatable bonds is 14. The molecule has 318 valence electrons. The highest BCUT2D eigenvalue weighted by atomic mass is 28.4. The van der Waals surface area contributed by atoms with Crippen LogP contribution in [0.1, 0.15) is 90.0 Å². The Kier molecular flexibility index (Phi) is 16.7. The lowest BCUT2D eigenvalue weighted by atomic mass is 9.96. The first-order valence-corrected chi connectivity index (χ1v) is 28.1. The number of hydrogen-bond acceptors (Lipinski definition) is 12. The molecule has 1 amide bonds. The minimum atomic E-state index is -2.53. The first-order chi connectivity index (χ1) is 24.8. The van der Waals surface area contributed by atoms with Crippen molar-refractivity contribution in [1.82, 2.24) is 5.32 Å². The predicted molar refractivity (Wildman–Crippen MR) is 219 cm³/mol. The second-order valence-electron chi connectivity index (χ2n) is 19.5. The number of terminal acetylenes is 1. The van der Waals surface area contributed by atoms with Gasteiger partial charge >= 0.3 is 11.9 Å². The fraction of sp³-hybridized carbons (Fsp3) is 0.872. The van der Waals surface area contributed by atoms with Gasteiger partial charge in [-0.3, -0.25) is 14.4 Å². The molecule has 55 heavy (non-hydrogen) atoms. The van der Waals surface area contributed by atoms with Crippen molar-refractivity contribution in [2.45, 2.75) is 206 Å². The molecule has 0 spiro atoms. The molecule has 13 nitrogen and oxygen atoms in total. The van der Waals surface area contributed by atoms with Gasteiger partial charge in [0.15, 0.2) is 49.7 Å². The highest BCUT2D eigenvalue weighted by molar-refractivity contribution is 6.75. The SMILES string of the molecule is C#CCO[C@@H]1O[C@H](CO[C@H]2O[C@H](C)[C@@H](O[Si](C)(C)C(C)(C)C)[C@H](O[Si](C)(C)C(C)(C)C)[C@@H]2O[Si](C)(C)C(C)(C)C)[C@@H](OC(C)=O)[C@H](OC(C)=O)[C@H]1NC(C)=O. The van der Waals surface area contributed by atoms with Gasteiger partial charge in [0.25, 0.3) is 0 Å². The molecule has 0 aromatic carbocycles. The Morgan fingerprint density at radius 3 is 1.49 bits per heavy atom. The van der Waals surface area contributed by atoms with Gasteiger partial charge in [0, 0.05) is 20.8 Å². The van der Waals surface area contributed by atoms with Crippen molar-refractivity contribution in [3.05, 3.63) is 0 Å². The van der Waals surface area contributed by atoms with E-state index in [-0.39, 0.29) is 28.3 Å². The highest BCUT2D eigenvalue weighted by Gasteiger charge is 2.57. The van der Waals surface area contributed by atoms with Crippen molar-refractivity contribution in [3.8, 4) is 12.3 Å². The summed E-state index contributed by atoms with van der Waals surface area (Å²) in [6.07, 6.45) is -2.39. The fourth-order valence-corrected chi connectivity index (χ4v) is 9.57. The minimum absolute atomic E-state index is 0.0902. The molecule has 0 bridgehead atoms. The molecule has 0 saturated carbocycles. The molecule has 2 fully saturated rings. The molecule has 1 N–H and O–H groups in total. The molecule has 10 atom stereocenters. The topological polar surface area (TPSA) is 146 Å². The van der Waals surface area contributed by atoms with E-state index in [0.29, 0.717) is 0 Å². The Morgan fingerprint density at radius 2 is 1.07 bits per heavy atom. The summed E-state index contributed by atoms with van der Waals surface area (Å²) in [5, 5.41) is 2.32. The molecular formula is C39H73NO12Si3. The average Bonchev–Trinajstić information content (AvgIpc) is 2.98. The summed E-state index contributed by atoms with van der Waals surface area (Å²) >= 11 is 0. The molecule has 16 heteroatoms. The maximum absolute atomic E-state index is 12.5. The van der Waals surface area contributed by atoms with E-state index in [1.54, 1.807) is 0 Å². The van der Waals surface area contributed by atoms with Crippen LogP contribution in [0.5, 0.6) is 0 Å². The summed E-state index contributed by atoms with van der Waals surface area (Å²) in [5.41, 5.74) is 0. The van der Waals surface area contributed by atoms with E-state index in [2.05, 4.69) is 113 Å².